The van der Waals surface area contributed by atoms with Crippen LogP contribution in [0.5, 0.6) is 0 Å². The summed E-state index contributed by atoms with van der Waals surface area (Å²) in [5, 5.41) is 26.4. The number of carboxylic acids is 1. The molecule has 12 heteroatoms. The number of hydrogen-bond donors (Lipinski definition) is 1. The van der Waals surface area contributed by atoms with Gasteiger partial charge in [-0.3, -0.25) is 24.7 Å². The summed E-state index contributed by atoms with van der Waals surface area (Å²) in [6, 6.07) is 3.97. The van der Waals surface area contributed by atoms with Crippen molar-refractivity contribution in [1.82, 2.24) is 5.01 Å². The Morgan fingerprint density at radius 3 is 2.71 bits per heavy atom. The number of unbranched alkanes of at least 4 members (excludes halogenated alkanes) is 2. The smallest absolute Gasteiger partial charge is 0.303 e. The zero-order valence-electron chi connectivity index (χ0n) is 14.9. The topological polar surface area (TPSA) is 153 Å². The Balaban J connectivity index is 2.34. The van der Waals surface area contributed by atoms with Crippen molar-refractivity contribution < 1.29 is 19.6 Å². The number of thiocarbonyl (C=S) groups is 1. The van der Waals surface area contributed by atoms with E-state index in [-0.39, 0.29) is 42.4 Å². The van der Waals surface area contributed by atoms with Gasteiger partial charge >= 0.3 is 5.97 Å². The van der Waals surface area contributed by atoms with Gasteiger partial charge in [0.15, 0.2) is 0 Å². The van der Waals surface area contributed by atoms with Crippen molar-refractivity contribution in [2.24, 2.45) is 5.11 Å². The molecule has 1 fully saturated rings. The Bertz CT molecular complexity index is 838. The second-order valence-corrected chi connectivity index (χ2v) is 6.52. The molecule has 1 aromatic carbocycles. The van der Waals surface area contributed by atoms with Crippen LogP contribution in [-0.2, 0) is 9.59 Å². The molecule has 28 heavy (non-hydrogen) atoms. The van der Waals surface area contributed by atoms with E-state index in [2.05, 4.69) is 10.0 Å². The fourth-order valence-corrected chi connectivity index (χ4v) is 3.17. The van der Waals surface area contributed by atoms with Crippen LogP contribution in [-0.4, -0.2) is 38.4 Å². The number of nitrogens with zero attached hydrogens (tertiary/aromatic N) is 6. The molecule has 0 spiro atoms. The van der Waals surface area contributed by atoms with Gasteiger partial charge in [0, 0.05) is 42.5 Å². The van der Waals surface area contributed by atoms with Crippen molar-refractivity contribution in [3.05, 3.63) is 38.8 Å². The van der Waals surface area contributed by atoms with Crippen LogP contribution in [0.3, 0.4) is 0 Å². The number of carbonyl (C=O) groups is 2. The molecule has 1 amide bonds. The number of benzene rings is 1. The van der Waals surface area contributed by atoms with Crippen LogP contribution in [0.15, 0.2) is 23.3 Å². The summed E-state index contributed by atoms with van der Waals surface area (Å²) in [5.41, 5.74) is 8.45. The molecule has 0 aliphatic carbocycles. The van der Waals surface area contributed by atoms with Crippen LogP contribution in [0.25, 0.3) is 10.4 Å². The molecule has 2 rings (SSSR count). The van der Waals surface area contributed by atoms with Crippen molar-refractivity contribution in [1.29, 1.82) is 0 Å². The van der Waals surface area contributed by atoms with Gasteiger partial charge in [-0.15, -0.1) is 0 Å². The Morgan fingerprint density at radius 1 is 1.39 bits per heavy atom. The first-order valence-corrected chi connectivity index (χ1v) is 8.94. The molecule has 1 aliphatic heterocycles. The van der Waals surface area contributed by atoms with Gasteiger partial charge in [0.2, 0.25) is 5.91 Å². The second-order valence-electron chi connectivity index (χ2n) is 6.05. The molecular formula is C16H18N6O5S. The molecule has 1 saturated heterocycles. The van der Waals surface area contributed by atoms with Crippen molar-refractivity contribution in [3.8, 4) is 0 Å². The van der Waals surface area contributed by atoms with Crippen LogP contribution >= 0.6 is 12.2 Å². The third-order valence-corrected chi connectivity index (χ3v) is 4.50. The number of carbonyl (C=O) groups excluding carboxylic acids is 1. The number of rotatable bonds is 10. The molecule has 0 aromatic heterocycles. The lowest BCUT2D eigenvalue weighted by Gasteiger charge is -2.33. The summed E-state index contributed by atoms with van der Waals surface area (Å²) in [5.74, 6) is -1.15. The Morgan fingerprint density at radius 2 is 2.14 bits per heavy atom. The lowest BCUT2D eigenvalue weighted by Crippen LogP contribution is -2.46. The highest BCUT2D eigenvalue weighted by atomic mass is 32.1. The second kappa shape index (κ2) is 9.62. The van der Waals surface area contributed by atoms with Gasteiger partial charge < -0.3 is 5.11 Å². The molecule has 0 unspecified atom stereocenters. The molecule has 148 valence electrons. The van der Waals surface area contributed by atoms with Crippen LogP contribution in [0, 0.1) is 10.1 Å². The van der Waals surface area contributed by atoms with Gasteiger partial charge in [-0.2, -0.15) is 0 Å². The zero-order valence-corrected chi connectivity index (χ0v) is 15.7. The quantitative estimate of drug-likeness (QED) is 0.118. The summed E-state index contributed by atoms with van der Waals surface area (Å²) in [7, 11) is 0. The van der Waals surface area contributed by atoms with Gasteiger partial charge in [0.05, 0.1) is 4.92 Å². The number of hydrazine groups is 1. The molecule has 0 saturated carbocycles. The SMILES string of the molecule is [N-]=[N+]=Nc1ccc(N(CCCCCC(=O)O)N2C(=O)CCC2=S)c([N+](=O)[O-])c1. The van der Waals surface area contributed by atoms with Gasteiger partial charge in [0.1, 0.15) is 10.7 Å². The van der Waals surface area contributed by atoms with Crippen molar-refractivity contribution >= 4 is 46.1 Å². The molecule has 0 bridgehead atoms. The number of nitro benzene ring substituents is 1. The fraction of sp³-hybridized carbons (Fsp3) is 0.438. The average molecular weight is 406 g/mol. The number of amides is 1. The first-order chi connectivity index (χ1) is 13.3. The van der Waals surface area contributed by atoms with E-state index in [4.69, 9.17) is 22.9 Å². The predicted octanol–water partition coefficient (Wildman–Crippen LogP) is 3.85. The standard InChI is InChI=1S/C16H18N6O5S/c17-19-18-11-5-6-12(13(10-11)22(26)27)20(9-3-1-2-4-16(24)25)21-14(23)7-8-15(21)28/h5-6,10H,1-4,7-9H2,(H,24,25). The Hall–Kier alpha value is -3.24. The van der Waals surface area contributed by atoms with Gasteiger partial charge in [0.25, 0.3) is 5.69 Å². The van der Waals surface area contributed by atoms with Crippen molar-refractivity contribution in [3.63, 3.8) is 0 Å². The fourth-order valence-electron chi connectivity index (χ4n) is 2.87. The summed E-state index contributed by atoms with van der Waals surface area (Å²) >= 11 is 5.26. The van der Waals surface area contributed by atoms with Gasteiger partial charge in [-0.1, -0.05) is 29.8 Å². The molecule has 1 aromatic rings. The zero-order chi connectivity index (χ0) is 20.7. The van der Waals surface area contributed by atoms with E-state index in [1.54, 1.807) is 0 Å². The van der Waals surface area contributed by atoms with E-state index >= 15 is 0 Å². The van der Waals surface area contributed by atoms with E-state index < -0.39 is 10.9 Å². The number of hydrogen-bond acceptors (Lipinski definition) is 7. The first kappa shape index (κ1) is 21.1. The number of aliphatic carboxylic acids is 1. The Labute approximate surface area is 165 Å². The van der Waals surface area contributed by atoms with E-state index in [9.17, 15) is 19.7 Å². The van der Waals surface area contributed by atoms with Crippen LogP contribution in [0.4, 0.5) is 17.1 Å². The van der Waals surface area contributed by atoms with E-state index in [1.807, 2.05) is 0 Å². The largest absolute Gasteiger partial charge is 0.481 e. The molecule has 0 radical (unpaired) electrons. The lowest BCUT2D eigenvalue weighted by molar-refractivity contribution is -0.384. The maximum Gasteiger partial charge on any atom is 0.303 e. The molecule has 1 heterocycles. The van der Waals surface area contributed by atoms with E-state index in [0.717, 1.165) is 6.07 Å². The maximum absolute atomic E-state index is 12.3. The van der Waals surface area contributed by atoms with Crippen LogP contribution in [0.1, 0.15) is 38.5 Å². The number of nitro groups is 1. The van der Waals surface area contributed by atoms with Crippen molar-refractivity contribution in [2.45, 2.75) is 38.5 Å². The molecule has 0 atom stereocenters. The monoisotopic (exact) mass is 406 g/mol. The molecular weight excluding hydrogens is 388 g/mol. The Kier molecular flexibility index (Phi) is 7.24. The minimum absolute atomic E-state index is 0.0298. The lowest BCUT2D eigenvalue weighted by atomic mass is 10.2. The highest BCUT2D eigenvalue weighted by molar-refractivity contribution is 7.80. The number of anilines is 1. The van der Waals surface area contributed by atoms with E-state index in [1.165, 1.54) is 22.2 Å². The first-order valence-electron chi connectivity index (χ1n) is 8.53. The summed E-state index contributed by atoms with van der Waals surface area (Å²) in [6.45, 7) is 0.243. The summed E-state index contributed by atoms with van der Waals surface area (Å²) in [6.07, 6.45) is 2.17. The maximum atomic E-state index is 12.3. The number of carboxylic acid groups (broad SMARTS) is 1. The minimum atomic E-state index is -0.892. The highest BCUT2D eigenvalue weighted by Crippen LogP contribution is 2.35. The van der Waals surface area contributed by atoms with Crippen LogP contribution < -0.4 is 5.01 Å². The molecule has 1 aliphatic rings. The van der Waals surface area contributed by atoms with Gasteiger partial charge in [-0.25, -0.2) is 5.01 Å². The summed E-state index contributed by atoms with van der Waals surface area (Å²) in [4.78, 5) is 36.9. The minimum Gasteiger partial charge on any atom is -0.481 e. The van der Waals surface area contributed by atoms with Crippen molar-refractivity contribution in [2.75, 3.05) is 11.6 Å². The molecule has 11 nitrogen and oxygen atoms in total. The predicted molar refractivity (Wildman–Crippen MR) is 104 cm³/mol. The van der Waals surface area contributed by atoms with Crippen LogP contribution in [0.2, 0.25) is 0 Å². The normalized spacial score (nSPS) is 13.4. The average Bonchev–Trinajstić information content (AvgIpc) is 2.97. The third-order valence-electron chi connectivity index (χ3n) is 4.12. The van der Waals surface area contributed by atoms with Gasteiger partial charge in [-0.05, 0) is 24.4 Å². The molecule has 1 N–H and O–H groups in total. The third kappa shape index (κ3) is 5.15. The highest BCUT2D eigenvalue weighted by Gasteiger charge is 2.34. The van der Waals surface area contributed by atoms with E-state index in [0.29, 0.717) is 30.7 Å². The summed E-state index contributed by atoms with van der Waals surface area (Å²) < 4.78 is 0. The number of azide groups is 1.